The van der Waals surface area contributed by atoms with Gasteiger partial charge in [-0.05, 0) is 32.4 Å². The molecule has 7 nitrogen and oxygen atoms in total. The van der Waals surface area contributed by atoms with Crippen LogP contribution in [0.15, 0.2) is 27.3 Å². The van der Waals surface area contributed by atoms with Crippen LogP contribution >= 0.6 is 0 Å². The van der Waals surface area contributed by atoms with E-state index < -0.39 is 6.10 Å². The van der Waals surface area contributed by atoms with Crippen molar-refractivity contribution in [1.82, 2.24) is 15.8 Å². The zero-order chi connectivity index (χ0) is 16.1. The molecule has 2 aromatic heterocycles. The average Bonchev–Trinajstić information content (AvgIpc) is 3.13. The molecule has 2 heterocycles. The zero-order valence-corrected chi connectivity index (χ0v) is 12.9. The molecule has 3 N–H and O–H groups in total. The number of carbonyl (C=O) groups excluding carboxylic acids is 1. The minimum absolute atomic E-state index is 0.0668. The number of amides is 2. The Balaban J connectivity index is 1.90. The highest BCUT2D eigenvalue weighted by Crippen LogP contribution is 2.23. The quantitative estimate of drug-likeness (QED) is 0.760. The monoisotopic (exact) mass is 307 g/mol. The fourth-order valence-corrected chi connectivity index (χ4v) is 2.35. The number of aliphatic hydroxyl groups is 1. The van der Waals surface area contributed by atoms with Crippen LogP contribution in [0.3, 0.4) is 0 Å². The van der Waals surface area contributed by atoms with Crippen LogP contribution in [0.4, 0.5) is 4.79 Å². The lowest BCUT2D eigenvalue weighted by molar-refractivity contribution is 0.147. The first-order chi connectivity index (χ1) is 10.5. The molecule has 2 amide bonds. The number of nitrogens with one attached hydrogen (secondary N) is 2. The van der Waals surface area contributed by atoms with Crippen LogP contribution < -0.4 is 10.6 Å². The summed E-state index contributed by atoms with van der Waals surface area (Å²) >= 11 is 0. The van der Waals surface area contributed by atoms with E-state index >= 15 is 0 Å². The van der Waals surface area contributed by atoms with E-state index in [1.807, 2.05) is 20.8 Å². The number of hydrogen-bond donors (Lipinski definition) is 3. The Morgan fingerprint density at radius 2 is 2.23 bits per heavy atom. The van der Waals surface area contributed by atoms with E-state index in [2.05, 4.69) is 15.8 Å². The third-order valence-corrected chi connectivity index (χ3v) is 3.48. The summed E-state index contributed by atoms with van der Waals surface area (Å²) in [4.78, 5) is 12.0. The van der Waals surface area contributed by atoms with Crippen LogP contribution in [0, 0.1) is 13.8 Å². The van der Waals surface area contributed by atoms with E-state index in [0.29, 0.717) is 17.9 Å². The lowest BCUT2D eigenvalue weighted by atomic mass is 10.0. The highest BCUT2D eigenvalue weighted by Gasteiger charge is 2.21. The van der Waals surface area contributed by atoms with Crippen LogP contribution in [0.5, 0.6) is 0 Å². The molecule has 120 valence electrons. The number of urea groups is 1. The van der Waals surface area contributed by atoms with Crippen molar-refractivity contribution < 1.29 is 18.8 Å². The molecule has 0 saturated heterocycles. The predicted molar refractivity (Wildman–Crippen MR) is 79.2 cm³/mol. The van der Waals surface area contributed by atoms with E-state index in [4.69, 9.17) is 8.94 Å². The van der Waals surface area contributed by atoms with Crippen molar-refractivity contribution in [1.29, 1.82) is 0 Å². The Morgan fingerprint density at radius 3 is 2.77 bits per heavy atom. The lowest BCUT2D eigenvalue weighted by Crippen LogP contribution is -2.39. The molecule has 0 saturated carbocycles. The van der Waals surface area contributed by atoms with Gasteiger partial charge < -0.3 is 24.7 Å². The first-order valence-electron chi connectivity index (χ1n) is 7.21. The summed E-state index contributed by atoms with van der Waals surface area (Å²) in [5.74, 6) is 1.11. The van der Waals surface area contributed by atoms with Crippen molar-refractivity contribution in [2.24, 2.45) is 0 Å². The molecule has 2 atom stereocenters. The van der Waals surface area contributed by atoms with E-state index in [1.54, 1.807) is 12.1 Å². The molecule has 7 heteroatoms. The van der Waals surface area contributed by atoms with Gasteiger partial charge in [0.25, 0.3) is 0 Å². The number of aliphatic hydroxyl groups excluding tert-OH is 1. The molecule has 0 bridgehead atoms. The first kappa shape index (κ1) is 16.1. The van der Waals surface area contributed by atoms with Gasteiger partial charge in [0.1, 0.15) is 17.6 Å². The van der Waals surface area contributed by atoms with E-state index in [1.165, 1.54) is 6.26 Å². The molecular weight excluding hydrogens is 286 g/mol. The molecule has 0 aromatic carbocycles. The minimum atomic E-state index is -0.875. The number of furan rings is 1. The van der Waals surface area contributed by atoms with Crippen molar-refractivity contribution in [3.05, 3.63) is 41.2 Å². The van der Waals surface area contributed by atoms with Crippen molar-refractivity contribution in [2.75, 3.05) is 6.54 Å². The van der Waals surface area contributed by atoms with Crippen LogP contribution in [-0.4, -0.2) is 22.8 Å². The van der Waals surface area contributed by atoms with Gasteiger partial charge in [0, 0.05) is 5.56 Å². The Hall–Kier alpha value is -2.28. The Morgan fingerprint density at radius 1 is 1.45 bits per heavy atom. The number of carbonyl (C=O) groups is 1. The van der Waals surface area contributed by atoms with Crippen molar-refractivity contribution in [3.63, 3.8) is 0 Å². The average molecular weight is 307 g/mol. The van der Waals surface area contributed by atoms with Gasteiger partial charge in [0.15, 0.2) is 0 Å². The fourth-order valence-electron chi connectivity index (χ4n) is 2.35. The molecule has 0 fully saturated rings. The molecule has 2 rings (SSSR count). The van der Waals surface area contributed by atoms with Gasteiger partial charge in [-0.15, -0.1) is 0 Å². The van der Waals surface area contributed by atoms with Crippen molar-refractivity contribution in [3.8, 4) is 0 Å². The maximum Gasteiger partial charge on any atom is 0.315 e. The molecule has 0 spiro atoms. The largest absolute Gasteiger partial charge is 0.467 e. The van der Waals surface area contributed by atoms with Gasteiger partial charge in [-0.2, -0.15) is 0 Å². The topological polar surface area (TPSA) is 101 Å². The number of rotatable bonds is 6. The second-order valence-electron chi connectivity index (χ2n) is 5.08. The second kappa shape index (κ2) is 7.13. The summed E-state index contributed by atoms with van der Waals surface area (Å²) in [6.07, 6.45) is 1.31. The Bertz CT molecular complexity index is 587. The summed E-state index contributed by atoms with van der Waals surface area (Å²) in [5, 5.41) is 19.2. The van der Waals surface area contributed by atoms with Gasteiger partial charge in [0.2, 0.25) is 0 Å². The van der Waals surface area contributed by atoms with Crippen LogP contribution in [-0.2, 0) is 0 Å². The standard InChI is InChI=1S/C15H21N3O4/c1-4-11(14-9(2)18-22-10(14)3)17-15(20)16-8-12(19)13-6-5-7-21-13/h5-7,11-12,19H,4,8H2,1-3H3,(H2,16,17,20). The van der Waals surface area contributed by atoms with E-state index in [9.17, 15) is 9.90 Å². The second-order valence-corrected chi connectivity index (χ2v) is 5.08. The maximum atomic E-state index is 12.0. The zero-order valence-electron chi connectivity index (χ0n) is 12.9. The highest BCUT2D eigenvalue weighted by molar-refractivity contribution is 5.74. The number of aromatic nitrogens is 1. The number of aryl methyl sites for hydroxylation is 2. The molecule has 22 heavy (non-hydrogen) atoms. The lowest BCUT2D eigenvalue weighted by Gasteiger charge is -2.18. The van der Waals surface area contributed by atoms with Gasteiger partial charge in [-0.1, -0.05) is 12.1 Å². The first-order valence-corrected chi connectivity index (χ1v) is 7.21. The predicted octanol–water partition coefficient (Wildman–Crippen LogP) is 2.37. The van der Waals surface area contributed by atoms with Gasteiger partial charge >= 0.3 is 6.03 Å². The van der Waals surface area contributed by atoms with Crippen LogP contribution in [0.25, 0.3) is 0 Å². The summed E-state index contributed by atoms with van der Waals surface area (Å²) < 4.78 is 10.2. The summed E-state index contributed by atoms with van der Waals surface area (Å²) in [6, 6.07) is 2.79. The highest BCUT2D eigenvalue weighted by atomic mass is 16.5. The normalized spacial score (nSPS) is 13.6. The molecule has 2 aromatic rings. The van der Waals surface area contributed by atoms with Crippen LogP contribution in [0.1, 0.15) is 48.3 Å². The van der Waals surface area contributed by atoms with Gasteiger partial charge in [-0.3, -0.25) is 0 Å². The summed E-state index contributed by atoms with van der Waals surface area (Å²) in [5.41, 5.74) is 1.66. The molecular formula is C15H21N3O4. The molecule has 0 aliphatic rings. The van der Waals surface area contributed by atoms with Crippen LogP contribution in [0.2, 0.25) is 0 Å². The summed E-state index contributed by atoms with van der Waals surface area (Å²) in [7, 11) is 0. The molecule has 0 aliphatic heterocycles. The minimum Gasteiger partial charge on any atom is -0.467 e. The molecule has 0 aliphatic carbocycles. The van der Waals surface area contributed by atoms with Crippen molar-refractivity contribution >= 4 is 6.03 Å². The maximum absolute atomic E-state index is 12.0. The number of nitrogens with zero attached hydrogens (tertiary/aromatic N) is 1. The SMILES string of the molecule is CCC(NC(=O)NCC(O)c1ccco1)c1c(C)noc1C. The Labute approximate surface area is 128 Å². The van der Waals surface area contributed by atoms with E-state index in [-0.39, 0.29) is 18.6 Å². The summed E-state index contributed by atoms with van der Waals surface area (Å²) in [6.45, 7) is 5.69. The third kappa shape index (κ3) is 3.67. The molecule has 2 unspecified atom stereocenters. The van der Waals surface area contributed by atoms with E-state index in [0.717, 1.165) is 11.3 Å². The van der Waals surface area contributed by atoms with Gasteiger partial charge in [0.05, 0.1) is 24.5 Å². The number of hydrogen-bond acceptors (Lipinski definition) is 5. The Kier molecular flexibility index (Phi) is 5.21. The fraction of sp³-hybridized carbons (Fsp3) is 0.467. The smallest absolute Gasteiger partial charge is 0.315 e. The van der Waals surface area contributed by atoms with Crippen molar-refractivity contribution in [2.45, 2.75) is 39.3 Å². The third-order valence-electron chi connectivity index (χ3n) is 3.48. The van der Waals surface area contributed by atoms with Gasteiger partial charge in [-0.25, -0.2) is 4.79 Å². The molecule has 0 radical (unpaired) electrons.